The average molecular weight is 482 g/mol. The molecule has 0 unspecified atom stereocenters. The Labute approximate surface area is 197 Å². The number of anilines is 2. The second kappa shape index (κ2) is 8.77. The van der Waals surface area contributed by atoms with Crippen LogP contribution in [0.15, 0.2) is 59.5 Å². The van der Waals surface area contributed by atoms with Gasteiger partial charge in [0.1, 0.15) is 5.82 Å². The van der Waals surface area contributed by atoms with Gasteiger partial charge < -0.3 is 9.80 Å². The molecule has 1 aromatic heterocycles. The van der Waals surface area contributed by atoms with Crippen molar-refractivity contribution >= 4 is 27.4 Å². The van der Waals surface area contributed by atoms with Gasteiger partial charge in [-0.2, -0.15) is 4.31 Å². The minimum absolute atomic E-state index is 0.0423. The molecule has 0 aliphatic carbocycles. The van der Waals surface area contributed by atoms with Crippen molar-refractivity contribution in [1.29, 1.82) is 0 Å². The Bertz CT molecular complexity index is 1320. The quantitative estimate of drug-likeness (QED) is 0.570. The number of nitrogens with zero attached hydrogens (tertiary/aromatic N) is 5. The number of halogens is 1. The van der Waals surface area contributed by atoms with Crippen LogP contribution in [0.1, 0.15) is 12.5 Å². The lowest BCUT2D eigenvalue weighted by atomic mass is 10.1. The number of benzene rings is 2. The lowest BCUT2D eigenvalue weighted by molar-refractivity contribution is -0.116. The van der Waals surface area contributed by atoms with Crippen LogP contribution in [0.3, 0.4) is 0 Å². The first-order chi connectivity index (χ1) is 16.3. The fourth-order valence-electron chi connectivity index (χ4n) is 4.44. The molecule has 2 aliphatic rings. The first-order valence-corrected chi connectivity index (χ1v) is 12.5. The number of hydrogen-bond acceptors (Lipinski definition) is 6. The Morgan fingerprint density at radius 1 is 0.912 bits per heavy atom. The minimum Gasteiger partial charge on any atom is -0.352 e. The molecule has 10 heteroatoms. The number of sulfonamides is 1. The number of aromatic nitrogens is 2. The topological polar surface area (TPSA) is 86.7 Å². The van der Waals surface area contributed by atoms with Crippen molar-refractivity contribution in [1.82, 2.24) is 14.5 Å². The zero-order valence-corrected chi connectivity index (χ0v) is 19.5. The van der Waals surface area contributed by atoms with Crippen LogP contribution < -0.4 is 9.80 Å². The molecule has 0 spiro atoms. The lowest BCUT2D eigenvalue weighted by Gasteiger charge is -2.34. The van der Waals surface area contributed by atoms with Gasteiger partial charge in [0, 0.05) is 50.9 Å². The van der Waals surface area contributed by atoms with Crippen molar-refractivity contribution in [2.45, 2.75) is 18.2 Å². The van der Waals surface area contributed by atoms with Crippen molar-refractivity contribution in [2.24, 2.45) is 0 Å². The van der Waals surface area contributed by atoms with Crippen LogP contribution in [-0.2, 0) is 21.2 Å². The lowest BCUT2D eigenvalue weighted by Crippen LogP contribution is -2.49. The zero-order valence-electron chi connectivity index (χ0n) is 18.7. The summed E-state index contributed by atoms with van der Waals surface area (Å²) in [5.74, 6) is 0.322. The van der Waals surface area contributed by atoms with Gasteiger partial charge in [0.25, 0.3) is 0 Å². The molecular formula is C24H24FN5O3S. The molecule has 0 saturated carbocycles. The number of amides is 1. The Balaban J connectivity index is 1.26. The van der Waals surface area contributed by atoms with E-state index in [-0.39, 0.29) is 16.6 Å². The second-order valence-electron chi connectivity index (χ2n) is 8.39. The molecule has 3 aromatic rings. The highest BCUT2D eigenvalue weighted by Crippen LogP contribution is 2.31. The van der Waals surface area contributed by atoms with Gasteiger partial charge in [0.05, 0.1) is 10.6 Å². The maximum atomic E-state index is 13.2. The summed E-state index contributed by atoms with van der Waals surface area (Å²) >= 11 is 0. The molecule has 0 bridgehead atoms. The molecule has 2 aromatic carbocycles. The molecule has 176 valence electrons. The van der Waals surface area contributed by atoms with Crippen molar-refractivity contribution in [3.05, 3.63) is 66.0 Å². The van der Waals surface area contributed by atoms with Crippen LogP contribution in [0, 0.1) is 5.82 Å². The van der Waals surface area contributed by atoms with Gasteiger partial charge >= 0.3 is 0 Å². The van der Waals surface area contributed by atoms with Gasteiger partial charge in [-0.15, -0.1) is 10.2 Å². The fourth-order valence-corrected chi connectivity index (χ4v) is 5.91. The standard InChI is InChI=1S/C24H24FN5O3S/c1-17(31)30-11-10-19-16-21(6-8-23(19)30)34(32,33)29-14-12-28(13-15-29)24-9-7-22(26-27-24)18-2-4-20(25)5-3-18/h2-9,16H,10-15H2,1H3. The summed E-state index contributed by atoms with van der Waals surface area (Å²) in [4.78, 5) is 15.7. The van der Waals surface area contributed by atoms with E-state index < -0.39 is 10.0 Å². The summed E-state index contributed by atoms with van der Waals surface area (Å²) in [6.07, 6.45) is 0.651. The van der Waals surface area contributed by atoms with Crippen LogP contribution in [-0.4, -0.2) is 61.6 Å². The van der Waals surface area contributed by atoms with Gasteiger partial charge in [-0.05, 0) is 66.6 Å². The molecule has 1 saturated heterocycles. The van der Waals surface area contributed by atoms with Crippen LogP contribution in [0.5, 0.6) is 0 Å². The van der Waals surface area contributed by atoms with Gasteiger partial charge in [0.15, 0.2) is 5.82 Å². The number of carbonyl (C=O) groups excluding carboxylic acids is 1. The molecular weight excluding hydrogens is 457 g/mol. The second-order valence-corrected chi connectivity index (χ2v) is 10.3. The molecule has 0 N–H and O–H groups in total. The van der Waals surface area contributed by atoms with Gasteiger partial charge in [-0.1, -0.05) is 0 Å². The Hall–Kier alpha value is -3.37. The number of hydrogen-bond donors (Lipinski definition) is 0. The van der Waals surface area contributed by atoms with Crippen molar-refractivity contribution in [3.8, 4) is 11.3 Å². The van der Waals surface area contributed by atoms with Crippen LogP contribution >= 0.6 is 0 Å². The van der Waals surface area contributed by atoms with E-state index in [2.05, 4.69) is 10.2 Å². The molecule has 0 radical (unpaired) electrons. The van der Waals surface area contributed by atoms with E-state index in [9.17, 15) is 17.6 Å². The molecule has 5 rings (SSSR count). The predicted octanol–water partition coefficient (Wildman–Crippen LogP) is 2.70. The highest BCUT2D eigenvalue weighted by Gasteiger charge is 2.31. The van der Waals surface area contributed by atoms with Gasteiger partial charge in [0.2, 0.25) is 15.9 Å². The summed E-state index contributed by atoms with van der Waals surface area (Å²) in [7, 11) is -3.64. The number of carbonyl (C=O) groups is 1. The van der Waals surface area contributed by atoms with Gasteiger partial charge in [-0.3, -0.25) is 4.79 Å². The first-order valence-electron chi connectivity index (χ1n) is 11.1. The summed E-state index contributed by atoms with van der Waals surface area (Å²) in [6.45, 7) is 3.74. The summed E-state index contributed by atoms with van der Waals surface area (Å²) in [5, 5.41) is 8.54. The molecule has 0 atom stereocenters. The maximum absolute atomic E-state index is 13.2. The first kappa shape index (κ1) is 22.4. The predicted molar refractivity (Wildman–Crippen MR) is 127 cm³/mol. The van der Waals surface area contributed by atoms with E-state index in [1.165, 1.54) is 23.4 Å². The summed E-state index contributed by atoms with van der Waals surface area (Å²) < 4.78 is 41.1. The summed E-state index contributed by atoms with van der Waals surface area (Å²) in [5.41, 5.74) is 3.09. The van der Waals surface area contributed by atoms with E-state index in [1.54, 1.807) is 35.2 Å². The van der Waals surface area contributed by atoms with Crippen molar-refractivity contribution < 1.29 is 17.6 Å². The Kier molecular flexibility index (Phi) is 5.78. The average Bonchev–Trinajstić information content (AvgIpc) is 3.29. The monoisotopic (exact) mass is 481 g/mol. The smallest absolute Gasteiger partial charge is 0.243 e. The molecule has 2 aliphatic heterocycles. The third kappa shape index (κ3) is 4.14. The normalized spacial score (nSPS) is 16.5. The van der Waals surface area contributed by atoms with Gasteiger partial charge in [-0.25, -0.2) is 12.8 Å². The van der Waals surface area contributed by atoms with Crippen LogP contribution in [0.2, 0.25) is 0 Å². The van der Waals surface area contributed by atoms with E-state index >= 15 is 0 Å². The molecule has 1 amide bonds. The molecule has 1 fully saturated rings. The van der Waals surface area contributed by atoms with Crippen LogP contribution in [0.4, 0.5) is 15.9 Å². The molecule has 3 heterocycles. The van der Waals surface area contributed by atoms with E-state index in [0.717, 1.165) is 16.8 Å². The fraction of sp³-hybridized carbons (Fsp3) is 0.292. The third-order valence-corrected chi connectivity index (χ3v) is 8.21. The van der Waals surface area contributed by atoms with Crippen LogP contribution in [0.25, 0.3) is 11.3 Å². The highest BCUT2D eigenvalue weighted by molar-refractivity contribution is 7.89. The largest absolute Gasteiger partial charge is 0.352 e. The van der Waals surface area contributed by atoms with E-state index in [1.807, 2.05) is 17.0 Å². The van der Waals surface area contributed by atoms with Crippen molar-refractivity contribution in [2.75, 3.05) is 42.5 Å². The third-order valence-electron chi connectivity index (χ3n) is 6.32. The Morgan fingerprint density at radius 2 is 1.65 bits per heavy atom. The zero-order chi connectivity index (χ0) is 23.9. The van der Waals surface area contributed by atoms with Crippen molar-refractivity contribution in [3.63, 3.8) is 0 Å². The number of fused-ring (bicyclic) bond motifs is 1. The van der Waals surface area contributed by atoms with E-state index in [4.69, 9.17) is 0 Å². The number of piperazine rings is 1. The number of rotatable bonds is 4. The van der Waals surface area contributed by atoms with E-state index in [0.29, 0.717) is 50.7 Å². The SMILES string of the molecule is CC(=O)N1CCc2cc(S(=O)(=O)N3CCN(c4ccc(-c5ccc(F)cc5)nn4)CC3)ccc21. The summed E-state index contributed by atoms with van der Waals surface area (Å²) in [6, 6.07) is 14.7. The molecule has 8 nitrogen and oxygen atoms in total. The minimum atomic E-state index is -3.64. The highest BCUT2D eigenvalue weighted by atomic mass is 32.2. The molecule has 34 heavy (non-hydrogen) atoms. The maximum Gasteiger partial charge on any atom is 0.243 e. The Morgan fingerprint density at radius 3 is 2.29 bits per heavy atom.